The Bertz CT molecular complexity index is 154. The van der Waals surface area contributed by atoms with Gasteiger partial charge in [0, 0.05) is 26.2 Å². The zero-order valence-corrected chi connectivity index (χ0v) is 13.0. The Morgan fingerprint density at radius 3 is 1.44 bits per heavy atom. The molecule has 0 aliphatic carbocycles. The van der Waals surface area contributed by atoms with E-state index in [1.54, 1.807) is 0 Å². The van der Waals surface area contributed by atoms with Crippen molar-refractivity contribution in [3.63, 3.8) is 0 Å². The van der Waals surface area contributed by atoms with Crippen LogP contribution in [-0.4, -0.2) is 62.2 Å². The van der Waals surface area contributed by atoms with Gasteiger partial charge in [0.15, 0.2) is 0 Å². The molecule has 0 amide bonds. The lowest BCUT2D eigenvalue weighted by Gasteiger charge is -2.22. The number of nitrogens with zero attached hydrogens (tertiary/aromatic N) is 2. The fraction of sp³-hybridized carbons (Fsp3) is 1.00. The van der Waals surface area contributed by atoms with Gasteiger partial charge >= 0.3 is 0 Å². The molecule has 0 rings (SSSR count). The Kier molecular flexibility index (Phi) is 13.2. The summed E-state index contributed by atoms with van der Waals surface area (Å²) in [5, 5.41) is 0. The van der Waals surface area contributed by atoms with Crippen LogP contribution in [0, 0.1) is 0 Å². The monoisotopic (exact) mass is 258 g/mol. The van der Waals surface area contributed by atoms with Crippen molar-refractivity contribution in [3.05, 3.63) is 0 Å². The standard InChI is InChI=1S/C14H34N4/c1-5-11-18(12-6-2)14-10-16-15-9-13-17(7-3)8-4/h15-16H,5-14H2,1-4H3. The molecule has 0 aromatic heterocycles. The summed E-state index contributed by atoms with van der Waals surface area (Å²) in [5.41, 5.74) is 6.62. The maximum Gasteiger partial charge on any atom is 0.0228 e. The van der Waals surface area contributed by atoms with E-state index in [-0.39, 0.29) is 0 Å². The quantitative estimate of drug-likeness (QED) is 0.388. The second-order valence-electron chi connectivity index (χ2n) is 4.72. The largest absolute Gasteiger partial charge is 0.303 e. The Balaban J connectivity index is 3.42. The van der Waals surface area contributed by atoms with Crippen LogP contribution < -0.4 is 10.9 Å². The highest BCUT2D eigenvalue weighted by Crippen LogP contribution is 1.92. The molecular weight excluding hydrogens is 224 g/mol. The van der Waals surface area contributed by atoms with Crippen LogP contribution >= 0.6 is 0 Å². The van der Waals surface area contributed by atoms with Crippen LogP contribution in [0.15, 0.2) is 0 Å². The molecule has 0 unspecified atom stereocenters. The SMILES string of the molecule is CCCN(CCC)CCNNCCN(CC)CC. The number of rotatable bonds is 13. The average Bonchev–Trinajstić information content (AvgIpc) is 2.38. The molecular formula is C14H34N4. The first-order chi connectivity index (χ1) is 8.78. The first kappa shape index (κ1) is 17.8. The van der Waals surface area contributed by atoms with Crippen LogP contribution in [0.2, 0.25) is 0 Å². The zero-order chi connectivity index (χ0) is 13.6. The summed E-state index contributed by atoms with van der Waals surface area (Å²) in [6.07, 6.45) is 2.49. The highest BCUT2D eigenvalue weighted by molar-refractivity contribution is 4.58. The van der Waals surface area contributed by atoms with E-state index in [0.717, 1.165) is 39.3 Å². The van der Waals surface area contributed by atoms with Crippen molar-refractivity contribution < 1.29 is 0 Å². The van der Waals surface area contributed by atoms with Gasteiger partial charge in [-0.1, -0.05) is 27.7 Å². The molecule has 0 aromatic carbocycles. The second kappa shape index (κ2) is 13.3. The van der Waals surface area contributed by atoms with Crippen molar-refractivity contribution in [2.24, 2.45) is 0 Å². The summed E-state index contributed by atoms with van der Waals surface area (Å²) >= 11 is 0. The molecule has 0 fully saturated rings. The van der Waals surface area contributed by atoms with E-state index in [2.05, 4.69) is 48.3 Å². The second-order valence-corrected chi connectivity index (χ2v) is 4.72. The van der Waals surface area contributed by atoms with E-state index < -0.39 is 0 Å². The molecule has 2 N–H and O–H groups in total. The third kappa shape index (κ3) is 9.83. The van der Waals surface area contributed by atoms with Gasteiger partial charge in [-0.15, -0.1) is 0 Å². The van der Waals surface area contributed by atoms with Crippen LogP contribution in [0.5, 0.6) is 0 Å². The molecule has 0 saturated carbocycles. The molecule has 110 valence electrons. The van der Waals surface area contributed by atoms with Gasteiger partial charge in [-0.25, -0.2) is 0 Å². The van der Waals surface area contributed by atoms with E-state index in [9.17, 15) is 0 Å². The van der Waals surface area contributed by atoms with Crippen LogP contribution in [-0.2, 0) is 0 Å². The molecule has 0 aromatic rings. The minimum Gasteiger partial charge on any atom is -0.303 e. The Hall–Kier alpha value is -0.160. The molecule has 0 bridgehead atoms. The lowest BCUT2D eigenvalue weighted by molar-refractivity contribution is 0.262. The molecule has 0 radical (unpaired) electrons. The first-order valence-electron chi connectivity index (χ1n) is 7.68. The third-order valence-electron chi connectivity index (χ3n) is 3.21. The van der Waals surface area contributed by atoms with Crippen LogP contribution in [0.3, 0.4) is 0 Å². The van der Waals surface area contributed by atoms with Crippen molar-refractivity contribution >= 4 is 0 Å². The van der Waals surface area contributed by atoms with Crippen molar-refractivity contribution in [3.8, 4) is 0 Å². The number of nitrogens with one attached hydrogen (secondary N) is 2. The smallest absolute Gasteiger partial charge is 0.0228 e. The van der Waals surface area contributed by atoms with Gasteiger partial charge in [-0.05, 0) is 39.0 Å². The molecule has 0 heterocycles. The van der Waals surface area contributed by atoms with Crippen molar-refractivity contribution in [1.29, 1.82) is 0 Å². The summed E-state index contributed by atoms with van der Waals surface area (Å²) in [5.74, 6) is 0. The molecule has 0 aliphatic heterocycles. The topological polar surface area (TPSA) is 30.5 Å². The Morgan fingerprint density at radius 1 is 0.611 bits per heavy atom. The maximum atomic E-state index is 3.32. The normalized spacial score (nSPS) is 11.7. The van der Waals surface area contributed by atoms with E-state index >= 15 is 0 Å². The van der Waals surface area contributed by atoms with E-state index in [1.807, 2.05) is 0 Å². The summed E-state index contributed by atoms with van der Waals surface area (Å²) in [6.45, 7) is 17.9. The zero-order valence-electron chi connectivity index (χ0n) is 13.0. The maximum absolute atomic E-state index is 3.32. The molecule has 0 aliphatic rings. The number of likely N-dealkylation sites (N-methyl/N-ethyl adjacent to an activating group) is 1. The van der Waals surface area contributed by atoms with E-state index in [1.165, 1.54) is 25.9 Å². The summed E-state index contributed by atoms with van der Waals surface area (Å²) in [4.78, 5) is 4.95. The van der Waals surface area contributed by atoms with Crippen molar-refractivity contribution in [1.82, 2.24) is 20.7 Å². The number of hydrogen-bond donors (Lipinski definition) is 2. The van der Waals surface area contributed by atoms with Gasteiger partial charge in [-0.2, -0.15) is 0 Å². The van der Waals surface area contributed by atoms with Gasteiger partial charge in [0.1, 0.15) is 0 Å². The van der Waals surface area contributed by atoms with E-state index in [0.29, 0.717) is 0 Å². The lowest BCUT2D eigenvalue weighted by Crippen LogP contribution is -2.42. The predicted octanol–water partition coefficient (Wildman–Crippen LogP) is 1.54. The molecule has 18 heavy (non-hydrogen) atoms. The Morgan fingerprint density at radius 2 is 1.06 bits per heavy atom. The lowest BCUT2D eigenvalue weighted by atomic mass is 10.3. The number of hydrogen-bond acceptors (Lipinski definition) is 4. The minimum absolute atomic E-state index is 1.02. The molecule has 0 spiro atoms. The minimum atomic E-state index is 1.02. The summed E-state index contributed by atoms with van der Waals surface area (Å²) in [7, 11) is 0. The fourth-order valence-corrected chi connectivity index (χ4v) is 2.11. The Labute approximate surface area is 114 Å². The molecule has 0 atom stereocenters. The van der Waals surface area contributed by atoms with Gasteiger partial charge in [0.25, 0.3) is 0 Å². The van der Waals surface area contributed by atoms with Gasteiger partial charge in [0.2, 0.25) is 0 Å². The first-order valence-corrected chi connectivity index (χ1v) is 7.68. The van der Waals surface area contributed by atoms with Crippen molar-refractivity contribution in [2.45, 2.75) is 40.5 Å². The number of hydrazine groups is 1. The van der Waals surface area contributed by atoms with Crippen LogP contribution in [0.1, 0.15) is 40.5 Å². The predicted molar refractivity (Wildman–Crippen MR) is 80.8 cm³/mol. The highest BCUT2D eigenvalue weighted by atomic mass is 15.4. The molecule has 0 saturated heterocycles. The van der Waals surface area contributed by atoms with Crippen LogP contribution in [0.4, 0.5) is 0 Å². The average molecular weight is 258 g/mol. The van der Waals surface area contributed by atoms with Gasteiger partial charge < -0.3 is 9.80 Å². The summed E-state index contributed by atoms with van der Waals surface area (Å²) in [6, 6.07) is 0. The molecule has 4 nitrogen and oxygen atoms in total. The molecule has 4 heteroatoms. The fourth-order valence-electron chi connectivity index (χ4n) is 2.11. The van der Waals surface area contributed by atoms with Crippen LogP contribution in [0.25, 0.3) is 0 Å². The third-order valence-corrected chi connectivity index (χ3v) is 3.21. The van der Waals surface area contributed by atoms with Gasteiger partial charge in [-0.3, -0.25) is 10.9 Å². The van der Waals surface area contributed by atoms with Crippen molar-refractivity contribution in [2.75, 3.05) is 52.4 Å². The summed E-state index contributed by atoms with van der Waals surface area (Å²) < 4.78 is 0. The van der Waals surface area contributed by atoms with E-state index in [4.69, 9.17) is 0 Å². The van der Waals surface area contributed by atoms with Gasteiger partial charge in [0.05, 0.1) is 0 Å². The highest BCUT2D eigenvalue weighted by Gasteiger charge is 2.01.